The van der Waals surface area contributed by atoms with Crippen molar-refractivity contribution < 1.29 is 10.6 Å². The van der Waals surface area contributed by atoms with Crippen LogP contribution in [0.3, 0.4) is 0 Å². The van der Waals surface area contributed by atoms with Crippen molar-refractivity contribution in [3.8, 4) is 0 Å². The minimum atomic E-state index is -0.500. The molecule has 0 aliphatic rings. The third-order valence-corrected chi connectivity index (χ3v) is 0. The summed E-state index contributed by atoms with van der Waals surface area (Å²) in [5, 5.41) is 8.52. The number of aliphatic hydroxyl groups is 1. The molecule has 0 aliphatic heterocycles. The van der Waals surface area contributed by atoms with E-state index in [-0.39, 0.29) is 35.0 Å². The van der Waals surface area contributed by atoms with Crippen LogP contribution in [0.5, 0.6) is 0 Å². The van der Waals surface area contributed by atoms with Gasteiger partial charge in [-0.1, -0.05) is 0 Å². The Morgan fingerprint density at radius 2 is 1.14 bits per heavy atom. The van der Waals surface area contributed by atoms with Crippen LogP contribution < -0.4 is 0 Å². The molecule has 0 rings (SSSR count). The summed E-state index contributed by atoms with van der Waals surface area (Å²) in [5.41, 5.74) is -0.500. The zero-order valence-electron chi connectivity index (χ0n) is 4.45. The molecule has 0 spiro atoms. The number of hydrogen-bond acceptors (Lipinski definition) is 1. The molecule has 0 aromatic rings. The minimum absolute atomic E-state index is 0. The van der Waals surface area contributed by atoms with Crippen molar-refractivity contribution in [2.24, 2.45) is 0 Å². The standard InChI is InChI=1S/C4H10O.Na.H2O.H/c1-4(2,3)5;;;/h5H,1-3H3;;1H2;. The third-order valence-electron chi connectivity index (χ3n) is 0. The Labute approximate surface area is 66.5 Å². The van der Waals surface area contributed by atoms with E-state index >= 15 is 0 Å². The van der Waals surface area contributed by atoms with Crippen LogP contribution >= 0.6 is 0 Å². The maximum absolute atomic E-state index is 8.52. The van der Waals surface area contributed by atoms with Gasteiger partial charge in [-0.3, -0.25) is 0 Å². The SMILES string of the molecule is CC(C)(C)O.O.[NaH]. The Balaban J connectivity index is -0.0000000800. The summed E-state index contributed by atoms with van der Waals surface area (Å²) < 4.78 is 0. The molecule has 3 N–H and O–H groups in total. The van der Waals surface area contributed by atoms with E-state index in [1.807, 2.05) is 0 Å². The first kappa shape index (κ1) is 15.7. The molecule has 7 heavy (non-hydrogen) atoms. The van der Waals surface area contributed by atoms with Gasteiger partial charge >= 0.3 is 29.6 Å². The molecule has 0 aliphatic carbocycles. The average molecular weight is 116 g/mol. The molecule has 0 atom stereocenters. The van der Waals surface area contributed by atoms with Crippen molar-refractivity contribution in [3.63, 3.8) is 0 Å². The Morgan fingerprint density at radius 3 is 1.14 bits per heavy atom. The van der Waals surface area contributed by atoms with Gasteiger partial charge in [0.15, 0.2) is 0 Å². The van der Waals surface area contributed by atoms with E-state index in [1.165, 1.54) is 0 Å². The topological polar surface area (TPSA) is 51.7 Å². The zero-order chi connectivity index (χ0) is 4.50. The third kappa shape index (κ3) is 198. The van der Waals surface area contributed by atoms with Gasteiger partial charge < -0.3 is 10.6 Å². The molecule has 0 bridgehead atoms. The first-order valence-electron chi connectivity index (χ1n) is 1.72. The fraction of sp³-hybridized carbons (Fsp3) is 1.00. The van der Waals surface area contributed by atoms with E-state index in [0.717, 1.165) is 0 Å². The van der Waals surface area contributed by atoms with Crippen LogP contribution in [-0.2, 0) is 0 Å². The van der Waals surface area contributed by atoms with Crippen LogP contribution in [0.4, 0.5) is 0 Å². The second kappa shape index (κ2) is 5.06. The molecule has 42 valence electrons. The Hall–Kier alpha value is 0.920. The monoisotopic (exact) mass is 116 g/mol. The molecule has 0 saturated heterocycles. The van der Waals surface area contributed by atoms with E-state index in [0.29, 0.717) is 0 Å². The van der Waals surface area contributed by atoms with Crippen molar-refractivity contribution in [2.75, 3.05) is 0 Å². The summed E-state index contributed by atoms with van der Waals surface area (Å²) in [4.78, 5) is 0. The van der Waals surface area contributed by atoms with Crippen molar-refractivity contribution in [2.45, 2.75) is 26.4 Å². The average Bonchev–Trinajstić information content (AvgIpc) is 0.722. The summed E-state index contributed by atoms with van der Waals surface area (Å²) >= 11 is 0. The van der Waals surface area contributed by atoms with E-state index in [1.54, 1.807) is 20.8 Å². The van der Waals surface area contributed by atoms with Crippen LogP contribution in [0.1, 0.15) is 20.8 Å². The van der Waals surface area contributed by atoms with Crippen LogP contribution in [0, 0.1) is 0 Å². The Kier molecular flexibility index (Phi) is 11.3. The molecule has 0 amide bonds. The normalized spacial score (nSPS) is 8.57. The van der Waals surface area contributed by atoms with Crippen molar-refractivity contribution in [1.82, 2.24) is 0 Å². The molecule has 0 heterocycles. The Bertz CT molecular complexity index is 25.2. The molecular formula is C4H13NaO2. The molecule has 0 aromatic carbocycles. The molecular weight excluding hydrogens is 103 g/mol. The maximum atomic E-state index is 8.52. The van der Waals surface area contributed by atoms with Gasteiger partial charge in [0.05, 0.1) is 5.60 Å². The van der Waals surface area contributed by atoms with Gasteiger partial charge in [-0.05, 0) is 20.8 Å². The van der Waals surface area contributed by atoms with Gasteiger partial charge in [0.2, 0.25) is 0 Å². The molecule has 0 fully saturated rings. The van der Waals surface area contributed by atoms with E-state index in [2.05, 4.69) is 0 Å². The fourth-order valence-electron chi connectivity index (χ4n) is 0. The zero-order valence-corrected chi connectivity index (χ0v) is 4.45. The predicted octanol–water partition coefficient (Wildman–Crippen LogP) is -0.696. The van der Waals surface area contributed by atoms with Gasteiger partial charge in [0, 0.05) is 0 Å². The second-order valence-corrected chi connectivity index (χ2v) is 2.17. The summed E-state index contributed by atoms with van der Waals surface area (Å²) in [7, 11) is 0. The number of hydrogen-bond donors (Lipinski definition) is 1. The van der Waals surface area contributed by atoms with Gasteiger partial charge in [-0.15, -0.1) is 0 Å². The first-order valence-corrected chi connectivity index (χ1v) is 1.72. The summed E-state index contributed by atoms with van der Waals surface area (Å²) in [6.45, 7) is 5.23. The fourth-order valence-corrected chi connectivity index (χ4v) is 0. The summed E-state index contributed by atoms with van der Waals surface area (Å²) in [6, 6.07) is 0. The van der Waals surface area contributed by atoms with Crippen molar-refractivity contribution >= 4 is 29.6 Å². The molecule has 0 unspecified atom stereocenters. The van der Waals surface area contributed by atoms with E-state index in [9.17, 15) is 0 Å². The molecule has 0 saturated carbocycles. The van der Waals surface area contributed by atoms with Crippen molar-refractivity contribution in [1.29, 1.82) is 0 Å². The van der Waals surface area contributed by atoms with E-state index < -0.39 is 5.60 Å². The molecule has 0 radical (unpaired) electrons. The van der Waals surface area contributed by atoms with Gasteiger partial charge in [-0.25, -0.2) is 0 Å². The van der Waals surface area contributed by atoms with Gasteiger partial charge in [0.25, 0.3) is 0 Å². The molecule has 3 heteroatoms. The van der Waals surface area contributed by atoms with Crippen LogP contribution in [0.15, 0.2) is 0 Å². The Morgan fingerprint density at radius 1 is 1.14 bits per heavy atom. The van der Waals surface area contributed by atoms with Crippen LogP contribution in [0.25, 0.3) is 0 Å². The molecule has 0 aromatic heterocycles. The van der Waals surface area contributed by atoms with Crippen molar-refractivity contribution in [3.05, 3.63) is 0 Å². The summed E-state index contributed by atoms with van der Waals surface area (Å²) in [6.07, 6.45) is 0. The molecule has 2 nitrogen and oxygen atoms in total. The van der Waals surface area contributed by atoms with Crippen LogP contribution in [0.2, 0.25) is 0 Å². The van der Waals surface area contributed by atoms with Gasteiger partial charge in [-0.2, -0.15) is 0 Å². The predicted molar refractivity (Wildman–Crippen MR) is 32.7 cm³/mol. The quantitative estimate of drug-likeness (QED) is 0.418. The second-order valence-electron chi connectivity index (χ2n) is 2.17. The number of rotatable bonds is 0. The summed E-state index contributed by atoms with van der Waals surface area (Å²) in [5.74, 6) is 0. The van der Waals surface area contributed by atoms with Gasteiger partial charge in [0.1, 0.15) is 0 Å². The first-order chi connectivity index (χ1) is 2.00. The van der Waals surface area contributed by atoms with E-state index in [4.69, 9.17) is 5.11 Å². The van der Waals surface area contributed by atoms with Crippen LogP contribution in [-0.4, -0.2) is 45.7 Å².